The fraction of sp³-hybridized carbons (Fsp3) is 0.583. The van der Waals surface area contributed by atoms with E-state index in [1.807, 2.05) is 18.3 Å². The van der Waals surface area contributed by atoms with E-state index < -0.39 is 0 Å². The first kappa shape index (κ1) is 11.5. The largest absolute Gasteiger partial charge is 0.381 e. The van der Waals surface area contributed by atoms with E-state index in [0.29, 0.717) is 12.5 Å². The summed E-state index contributed by atoms with van der Waals surface area (Å²) in [6.45, 7) is 2.87. The van der Waals surface area contributed by atoms with E-state index in [2.05, 4.69) is 4.98 Å². The third-order valence-electron chi connectivity index (χ3n) is 2.83. The van der Waals surface area contributed by atoms with Crippen molar-refractivity contribution in [2.45, 2.75) is 12.5 Å². The Balaban J connectivity index is 1.85. The molecule has 0 radical (unpaired) electrons. The normalized spacial score (nSPS) is 22.2. The number of nitrogens with two attached hydrogens (primary N) is 1. The predicted molar refractivity (Wildman–Crippen MR) is 60.9 cm³/mol. The van der Waals surface area contributed by atoms with Gasteiger partial charge in [-0.3, -0.25) is 4.98 Å². The summed E-state index contributed by atoms with van der Waals surface area (Å²) in [6, 6.07) is 3.90. The SMILES string of the molecule is NCC(OCC1CCOC1)c1cccnc1. The molecular weight excluding hydrogens is 204 g/mol. The molecule has 0 aliphatic carbocycles. The molecule has 2 unspecified atom stereocenters. The van der Waals surface area contributed by atoms with Gasteiger partial charge in [0.25, 0.3) is 0 Å². The molecule has 4 nitrogen and oxygen atoms in total. The highest BCUT2D eigenvalue weighted by molar-refractivity contribution is 5.12. The van der Waals surface area contributed by atoms with Crippen LogP contribution in [0, 0.1) is 5.92 Å². The zero-order valence-electron chi connectivity index (χ0n) is 9.34. The molecule has 2 atom stereocenters. The van der Waals surface area contributed by atoms with Gasteiger partial charge in [0.1, 0.15) is 0 Å². The summed E-state index contributed by atoms with van der Waals surface area (Å²) in [6.07, 6.45) is 4.60. The van der Waals surface area contributed by atoms with Gasteiger partial charge in [0.05, 0.1) is 19.3 Å². The number of hydrogen-bond donors (Lipinski definition) is 1. The van der Waals surface area contributed by atoms with Crippen molar-refractivity contribution in [1.82, 2.24) is 4.98 Å². The van der Waals surface area contributed by atoms with Gasteiger partial charge in [0.2, 0.25) is 0 Å². The smallest absolute Gasteiger partial charge is 0.0962 e. The minimum Gasteiger partial charge on any atom is -0.381 e. The minimum absolute atomic E-state index is 0.0469. The number of ether oxygens (including phenoxy) is 2. The van der Waals surface area contributed by atoms with Crippen molar-refractivity contribution < 1.29 is 9.47 Å². The molecule has 16 heavy (non-hydrogen) atoms. The second kappa shape index (κ2) is 5.94. The molecule has 2 N–H and O–H groups in total. The number of hydrogen-bond acceptors (Lipinski definition) is 4. The molecular formula is C12H18N2O2. The average Bonchev–Trinajstić information content (AvgIpc) is 2.84. The lowest BCUT2D eigenvalue weighted by Gasteiger charge is -2.18. The summed E-state index contributed by atoms with van der Waals surface area (Å²) in [4.78, 5) is 4.07. The van der Waals surface area contributed by atoms with Crippen molar-refractivity contribution in [2.75, 3.05) is 26.4 Å². The molecule has 1 aliphatic heterocycles. The van der Waals surface area contributed by atoms with E-state index in [1.165, 1.54) is 0 Å². The molecule has 0 aromatic carbocycles. The Morgan fingerprint density at radius 2 is 2.56 bits per heavy atom. The fourth-order valence-corrected chi connectivity index (χ4v) is 1.83. The van der Waals surface area contributed by atoms with Crippen LogP contribution < -0.4 is 5.73 Å². The Kier molecular flexibility index (Phi) is 4.27. The topological polar surface area (TPSA) is 57.4 Å². The van der Waals surface area contributed by atoms with Crippen molar-refractivity contribution in [3.05, 3.63) is 30.1 Å². The first-order chi connectivity index (χ1) is 7.90. The van der Waals surface area contributed by atoms with Crippen LogP contribution in [0.4, 0.5) is 0 Å². The third kappa shape index (κ3) is 3.01. The van der Waals surface area contributed by atoms with Crippen LogP contribution in [-0.4, -0.2) is 31.3 Å². The lowest BCUT2D eigenvalue weighted by molar-refractivity contribution is 0.0300. The van der Waals surface area contributed by atoms with Crippen molar-refractivity contribution in [1.29, 1.82) is 0 Å². The summed E-state index contributed by atoms with van der Waals surface area (Å²) in [5.74, 6) is 0.519. The van der Waals surface area contributed by atoms with Gasteiger partial charge < -0.3 is 15.2 Å². The molecule has 1 aromatic heterocycles. The van der Waals surface area contributed by atoms with E-state index in [9.17, 15) is 0 Å². The first-order valence-corrected chi connectivity index (χ1v) is 5.69. The fourth-order valence-electron chi connectivity index (χ4n) is 1.83. The Hall–Kier alpha value is -0.970. The number of pyridine rings is 1. The zero-order valence-corrected chi connectivity index (χ0v) is 9.34. The Morgan fingerprint density at radius 1 is 1.62 bits per heavy atom. The number of rotatable bonds is 5. The van der Waals surface area contributed by atoms with Crippen LogP contribution >= 0.6 is 0 Å². The van der Waals surface area contributed by atoms with Gasteiger partial charge in [-0.2, -0.15) is 0 Å². The molecule has 2 heterocycles. The molecule has 0 saturated carbocycles. The summed E-state index contributed by atoms with van der Waals surface area (Å²) in [5.41, 5.74) is 6.75. The van der Waals surface area contributed by atoms with E-state index in [-0.39, 0.29) is 6.10 Å². The lowest BCUT2D eigenvalue weighted by atomic mass is 10.1. The van der Waals surface area contributed by atoms with Crippen molar-refractivity contribution in [3.63, 3.8) is 0 Å². The van der Waals surface area contributed by atoms with Gasteiger partial charge in [-0.15, -0.1) is 0 Å². The van der Waals surface area contributed by atoms with E-state index in [4.69, 9.17) is 15.2 Å². The van der Waals surface area contributed by atoms with Gasteiger partial charge in [-0.1, -0.05) is 6.07 Å². The van der Waals surface area contributed by atoms with Crippen LogP contribution in [0.5, 0.6) is 0 Å². The Bertz CT molecular complexity index is 299. The maximum absolute atomic E-state index is 5.82. The van der Waals surface area contributed by atoms with Crippen LogP contribution in [0.1, 0.15) is 18.1 Å². The highest BCUT2D eigenvalue weighted by atomic mass is 16.5. The van der Waals surface area contributed by atoms with Gasteiger partial charge >= 0.3 is 0 Å². The minimum atomic E-state index is -0.0469. The Morgan fingerprint density at radius 3 is 3.19 bits per heavy atom. The average molecular weight is 222 g/mol. The van der Waals surface area contributed by atoms with Gasteiger partial charge in [-0.25, -0.2) is 0 Å². The van der Waals surface area contributed by atoms with Crippen LogP contribution in [0.15, 0.2) is 24.5 Å². The first-order valence-electron chi connectivity index (χ1n) is 5.69. The maximum Gasteiger partial charge on any atom is 0.0962 e. The van der Waals surface area contributed by atoms with E-state index >= 15 is 0 Å². The second-order valence-corrected chi connectivity index (χ2v) is 4.07. The zero-order chi connectivity index (χ0) is 11.2. The summed E-state index contributed by atoms with van der Waals surface area (Å²) in [5, 5.41) is 0. The molecule has 1 aliphatic rings. The lowest BCUT2D eigenvalue weighted by Crippen LogP contribution is -2.20. The number of nitrogens with zero attached hydrogens (tertiary/aromatic N) is 1. The summed E-state index contributed by atoms with van der Waals surface area (Å²) < 4.78 is 11.1. The molecule has 2 rings (SSSR count). The molecule has 1 saturated heterocycles. The second-order valence-electron chi connectivity index (χ2n) is 4.07. The molecule has 0 bridgehead atoms. The van der Waals surface area contributed by atoms with Gasteiger partial charge in [0, 0.05) is 37.0 Å². The molecule has 1 aromatic rings. The summed E-state index contributed by atoms with van der Waals surface area (Å²) >= 11 is 0. The van der Waals surface area contributed by atoms with Crippen LogP contribution in [0.2, 0.25) is 0 Å². The van der Waals surface area contributed by atoms with Gasteiger partial charge in [-0.05, 0) is 12.5 Å². The van der Waals surface area contributed by atoms with Crippen LogP contribution in [0.3, 0.4) is 0 Å². The highest BCUT2D eigenvalue weighted by Gasteiger charge is 2.18. The molecule has 88 valence electrons. The van der Waals surface area contributed by atoms with Crippen molar-refractivity contribution in [3.8, 4) is 0 Å². The van der Waals surface area contributed by atoms with Crippen LogP contribution in [0.25, 0.3) is 0 Å². The highest BCUT2D eigenvalue weighted by Crippen LogP contribution is 2.19. The van der Waals surface area contributed by atoms with Crippen molar-refractivity contribution in [2.24, 2.45) is 11.7 Å². The standard InChI is InChI=1S/C12H18N2O2/c13-6-12(11-2-1-4-14-7-11)16-9-10-3-5-15-8-10/h1-2,4,7,10,12H,3,5-6,8-9,13H2. The molecule has 4 heteroatoms. The quantitative estimate of drug-likeness (QED) is 0.811. The maximum atomic E-state index is 5.82. The van der Waals surface area contributed by atoms with Crippen LogP contribution in [-0.2, 0) is 9.47 Å². The summed E-state index contributed by atoms with van der Waals surface area (Å²) in [7, 11) is 0. The molecule has 1 fully saturated rings. The van der Waals surface area contributed by atoms with E-state index in [1.54, 1.807) is 6.20 Å². The third-order valence-corrected chi connectivity index (χ3v) is 2.83. The predicted octanol–water partition coefficient (Wildman–Crippen LogP) is 1.13. The number of aromatic nitrogens is 1. The Labute approximate surface area is 95.8 Å². The van der Waals surface area contributed by atoms with E-state index in [0.717, 1.165) is 31.8 Å². The monoisotopic (exact) mass is 222 g/mol. The molecule has 0 amide bonds. The van der Waals surface area contributed by atoms with Gasteiger partial charge in [0.15, 0.2) is 0 Å². The molecule has 0 spiro atoms. The van der Waals surface area contributed by atoms with Crippen molar-refractivity contribution >= 4 is 0 Å².